The molecule has 0 saturated heterocycles. The van der Waals surface area contributed by atoms with Crippen molar-refractivity contribution >= 4 is 9.84 Å². The summed E-state index contributed by atoms with van der Waals surface area (Å²) in [5.41, 5.74) is 0. The number of hydrogen-bond acceptors (Lipinski definition) is 3. The monoisotopic (exact) mass is 244 g/mol. The maximum Gasteiger partial charge on any atom is 0.147 e. The molecule has 1 aliphatic rings. The third-order valence-electron chi connectivity index (χ3n) is 2.75. The minimum Gasteiger partial charge on any atom is -0.494 e. The van der Waals surface area contributed by atoms with E-state index in [0.717, 1.165) is 5.76 Å². The van der Waals surface area contributed by atoms with E-state index in [1.54, 1.807) is 0 Å². The molecule has 0 N–H and O–H groups in total. The highest BCUT2D eigenvalue weighted by Gasteiger charge is 2.12. The summed E-state index contributed by atoms with van der Waals surface area (Å²) < 4.78 is 27.3. The van der Waals surface area contributed by atoms with Crippen LogP contribution in [0.3, 0.4) is 0 Å². The summed E-state index contributed by atoms with van der Waals surface area (Å²) in [6.45, 7) is 4.77. The third kappa shape index (κ3) is 4.84. The second-order valence-electron chi connectivity index (χ2n) is 4.48. The smallest absolute Gasteiger partial charge is 0.147 e. The van der Waals surface area contributed by atoms with E-state index >= 15 is 0 Å². The Balaban J connectivity index is 2.29. The molecular formula is C12H20O3S. The first-order valence-electron chi connectivity index (χ1n) is 5.59. The van der Waals surface area contributed by atoms with E-state index in [-0.39, 0.29) is 5.75 Å². The Morgan fingerprint density at radius 1 is 1.31 bits per heavy atom. The Hall–Kier alpha value is -0.770. The molecule has 3 nitrogen and oxygen atoms in total. The van der Waals surface area contributed by atoms with Gasteiger partial charge in [0.25, 0.3) is 0 Å². The van der Waals surface area contributed by atoms with Crippen molar-refractivity contribution in [1.82, 2.24) is 0 Å². The lowest BCUT2D eigenvalue weighted by atomic mass is 9.91. The van der Waals surface area contributed by atoms with Crippen LogP contribution in [0.4, 0.5) is 0 Å². The van der Waals surface area contributed by atoms with Crippen LogP contribution in [0.15, 0.2) is 24.0 Å². The van der Waals surface area contributed by atoms with Crippen LogP contribution < -0.4 is 0 Å². The molecule has 0 aromatic rings. The predicted octanol–water partition coefficient (Wildman–Crippen LogP) is 2.16. The molecule has 0 saturated carbocycles. The topological polar surface area (TPSA) is 43.4 Å². The van der Waals surface area contributed by atoms with E-state index in [0.29, 0.717) is 24.9 Å². The van der Waals surface area contributed by atoms with Crippen LogP contribution in [0.25, 0.3) is 0 Å². The predicted molar refractivity (Wildman–Crippen MR) is 65.8 cm³/mol. The maximum absolute atomic E-state index is 10.9. The van der Waals surface area contributed by atoms with Gasteiger partial charge in [-0.15, -0.1) is 0 Å². The molecule has 0 fully saturated rings. The highest BCUT2D eigenvalue weighted by Crippen LogP contribution is 2.22. The van der Waals surface area contributed by atoms with Crippen LogP contribution in [0.2, 0.25) is 0 Å². The Bertz CT molecular complexity index is 379. The average molecular weight is 244 g/mol. The average Bonchev–Trinajstić information content (AvgIpc) is 2.17. The fourth-order valence-corrected chi connectivity index (χ4v) is 2.14. The van der Waals surface area contributed by atoms with Gasteiger partial charge in [-0.1, -0.05) is 19.9 Å². The number of hydrogen-bond donors (Lipinski definition) is 0. The van der Waals surface area contributed by atoms with Gasteiger partial charge in [0.15, 0.2) is 0 Å². The summed E-state index contributed by atoms with van der Waals surface area (Å²) in [7, 11) is -2.86. The normalized spacial score (nSPS) is 25.3. The molecule has 0 amide bonds. The van der Waals surface area contributed by atoms with Crippen molar-refractivity contribution < 1.29 is 13.2 Å². The highest BCUT2D eigenvalue weighted by atomic mass is 32.2. The van der Waals surface area contributed by atoms with E-state index in [9.17, 15) is 8.42 Å². The molecule has 16 heavy (non-hydrogen) atoms. The maximum atomic E-state index is 10.9. The summed E-state index contributed by atoms with van der Waals surface area (Å²) in [5.74, 6) is 2.08. The van der Waals surface area contributed by atoms with Crippen LogP contribution in [0.1, 0.15) is 20.3 Å². The van der Waals surface area contributed by atoms with E-state index in [1.807, 2.05) is 6.08 Å². The molecule has 0 aliphatic heterocycles. The molecule has 4 heteroatoms. The van der Waals surface area contributed by atoms with Gasteiger partial charge < -0.3 is 4.74 Å². The van der Waals surface area contributed by atoms with E-state index in [1.165, 1.54) is 6.26 Å². The Morgan fingerprint density at radius 3 is 2.56 bits per heavy atom. The first-order valence-corrected chi connectivity index (χ1v) is 7.65. The molecule has 0 aromatic carbocycles. The number of sulfone groups is 1. The number of rotatable bonds is 5. The lowest BCUT2D eigenvalue weighted by molar-refractivity contribution is 0.219. The minimum atomic E-state index is -2.86. The SMILES string of the molecule is C[C@@H]1C=C(OCCCS(C)(=O)=O)C=C[C@@H]1C. The van der Waals surface area contributed by atoms with Gasteiger partial charge in [-0.05, 0) is 30.4 Å². The Labute approximate surface area is 98.1 Å². The van der Waals surface area contributed by atoms with Crippen molar-refractivity contribution in [3.05, 3.63) is 24.0 Å². The molecule has 0 spiro atoms. The van der Waals surface area contributed by atoms with Gasteiger partial charge >= 0.3 is 0 Å². The quantitative estimate of drug-likeness (QED) is 0.696. The fourth-order valence-electron chi connectivity index (χ4n) is 1.50. The van der Waals surface area contributed by atoms with Gasteiger partial charge in [0.05, 0.1) is 12.4 Å². The molecular weight excluding hydrogens is 224 g/mol. The van der Waals surface area contributed by atoms with Gasteiger partial charge in [-0.3, -0.25) is 0 Å². The summed E-state index contributed by atoms with van der Waals surface area (Å²) >= 11 is 0. The highest BCUT2D eigenvalue weighted by molar-refractivity contribution is 7.90. The molecule has 0 unspecified atom stereocenters. The standard InChI is InChI=1S/C12H20O3S/c1-10-5-6-12(9-11(10)2)15-7-4-8-16(3,13)14/h5-6,9-11H,4,7-8H2,1-3H3/t10-,11+/m0/s1. The van der Waals surface area contributed by atoms with Crippen molar-refractivity contribution in [3.63, 3.8) is 0 Å². The van der Waals surface area contributed by atoms with Gasteiger partial charge in [0, 0.05) is 6.26 Å². The van der Waals surface area contributed by atoms with E-state index in [2.05, 4.69) is 26.0 Å². The zero-order valence-corrected chi connectivity index (χ0v) is 11.0. The number of allylic oxidation sites excluding steroid dienone is 3. The summed E-state index contributed by atoms with van der Waals surface area (Å²) in [6, 6.07) is 0. The van der Waals surface area contributed by atoms with E-state index in [4.69, 9.17) is 4.74 Å². The molecule has 1 aliphatic carbocycles. The van der Waals surface area contributed by atoms with Crippen LogP contribution in [-0.4, -0.2) is 27.0 Å². The zero-order valence-electron chi connectivity index (χ0n) is 10.1. The molecule has 0 bridgehead atoms. The largest absolute Gasteiger partial charge is 0.494 e. The lowest BCUT2D eigenvalue weighted by Crippen LogP contribution is -2.10. The van der Waals surface area contributed by atoms with Gasteiger partial charge in [0.1, 0.15) is 15.6 Å². The lowest BCUT2D eigenvalue weighted by Gasteiger charge is -2.19. The first-order chi connectivity index (χ1) is 7.38. The van der Waals surface area contributed by atoms with Gasteiger partial charge in [-0.25, -0.2) is 8.42 Å². The number of ether oxygens (including phenoxy) is 1. The van der Waals surface area contributed by atoms with Crippen molar-refractivity contribution in [3.8, 4) is 0 Å². The molecule has 2 atom stereocenters. The zero-order chi connectivity index (χ0) is 12.2. The molecule has 92 valence electrons. The second kappa shape index (κ2) is 5.53. The van der Waals surface area contributed by atoms with E-state index < -0.39 is 9.84 Å². The Morgan fingerprint density at radius 2 is 2.00 bits per heavy atom. The van der Waals surface area contributed by atoms with Crippen molar-refractivity contribution in [2.75, 3.05) is 18.6 Å². The molecule has 0 aromatic heterocycles. The minimum absolute atomic E-state index is 0.190. The molecule has 0 heterocycles. The van der Waals surface area contributed by atoms with Gasteiger partial charge in [-0.2, -0.15) is 0 Å². The van der Waals surface area contributed by atoms with Gasteiger partial charge in [0.2, 0.25) is 0 Å². The first kappa shape index (κ1) is 13.3. The third-order valence-corrected chi connectivity index (χ3v) is 3.78. The van der Waals surface area contributed by atoms with Crippen molar-refractivity contribution in [2.24, 2.45) is 11.8 Å². The van der Waals surface area contributed by atoms with Crippen molar-refractivity contribution in [2.45, 2.75) is 20.3 Å². The van der Waals surface area contributed by atoms with Crippen LogP contribution in [-0.2, 0) is 14.6 Å². The summed E-state index contributed by atoms with van der Waals surface area (Å²) in [6.07, 6.45) is 7.97. The van der Waals surface area contributed by atoms with Crippen LogP contribution in [0.5, 0.6) is 0 Å². The van der Waals surface area contributed by atoms with Crippen LogP contribution in [0, 0.1) is 11.8 Å². The molecule has 1 rings (SSSR count). The summed E-state index contributed by atoms with van der Waals surface area (Å²) in [5, 5.41) is 0. The fraction of sp³-hybridized carbons (Fsp3) is 0.667. The second-order valence-corrected chi connectivity index (χ2v) is 6.74. The summed E-state index contributed by atoms with van der Waals surface area (Å²) in [4.78, 5) is 0. The molecule has 0 radical (unpaired) electrons. The van der Waals surface area contributed by atoms with Crippen molar-refractivity contribution in [1.29, 1.82) is 0 Å². The van der Waals surface area contributed by atoms with Crippen LogP contribution >= 0.6 is 0 Å². The Kier molecular flexibility index (Phi) is 4.59.